The van der Waals surface area contributed by atoms with E-state index >= 15 is 0 Å². The van der Waals surface area contributed by atoms with Crippen molar-refractivity contribution in [1.82, 2.24) is 19.9 Å². The van der Waals surface area contributed by atoms with E-state index in [9.17, 15) is 30.6 Å². The van der Waals surface area contributed by atoms with Gasteiger partial charge in [-0.05, 0) is 89.8 Å². The summed E-state index contributed by atoms with van der Waals surface area (Å²) in [6.07, 6.45) is 3.21. The van der Waals surface area contributed by atoms with Crippen LogP contribution in [0.1, 0.15) is 65.3 Å². The Morgan fingerprint density at radius 3 is 1.75 bits per heavy atom. The van der Waals surface area contributed by atoms with Gasteiger partial charge in [0.25, 0.3) is 0 Å². The number of aromatic nitrogens is 4. The van der Waals surface area contributed by atoms with Gasteiger partial charge in [-0.2, -0.15) is 21.0 Å². The fourth-order valence-electron chi connectivity index (χ4n) is 8.19. The van der Waals surface area contributed by atoms with Crippen LogP contribution in [0.15, 0.2) is 85.2 Å². The molecule has 332 valence electrons. The molecule has 17 heteroatoms. The number of nitrogens with zero attached hydrogens (tertiary/aromatic N) is 8. The zero-order valence-corrected chi connectivity index (χ0v) is 37.0. The Bertz CT molecular complexity index is 3160. The molecular formula is C50H43N13O4. The maximum atomic E-state index is 13.7. The molecule has 0 spiro atoms. The van der Waals surface area contributed by atoms with Crippen molar-refractivity contribution in [3.8, 4) is 46.8 Å². The highest BCUT2D eigenvalue weighted by Crippen LogP contribution is 2.43. The lowest BCUT2D eigenvalue weighted by molar-refractivity contribution is -0.147. The van der Waals surface area contributed by atoms with Gasteiger partial charge < -0.3 is 36.5 Å². The summed E-state index contributed by atoms with van der Waals surface area (Å²) in [4.78, 5) is 43.6. The quantitative estimate of drug-likeness (QED) is 0.0736. The molecule has 67 heavy (non-hydrogen) atoms. The van der Waals surface area contributed by atoms with Crippen LogP contribution in [0, 0.1) is 52.2 Å². The third-order valence-corrected chi connectivity index (χ3v) is 12.0. The Kier molecular flexibility index (Phi) is 12.2. The molecule has 2 aromatic heterocycles. The molecule has 0 radical (unpaired) electrons. The molecule has 6 aromatic rings. The molecule has 0 aliphatic carbocycles. The Morgan fingerprint density at radius 2 is 1.22 bits per heavy atom. The number of benzene rings is 4. The largest absolute Gasteiger partial charge is 0.465 e. The summed E-state index contributed by atoms with van der Waals surface area (Å²) in [6.45, 7) is 8.09. The maximum absolute atomic E-state index is 13.7. The van der Waals surface area contributed by atoms with Crippen LogP contribution in [0.2, 0.25) is 0 Å². The number of aryl methyl sites for hydroxylation is 1. The van der Waals surface area contributed by atoms with Crippen LogP contribution in [-0.4, -0.2) is 64.2 Å². The predicted octanol–water partition coefficient (Wildman–Crippen LogP) is 6.93. The van der Waals surface area contributed by atoms with E-state index in [2.05, 4.69) is 55.5 Å². The van der Waals surface area contributed by atoms with Crippen molar-refractivity contribution in [2.45, 2.75) is 51.0 Å². The van der Waals surface area contributed by atoms with Crippen LogP contribution < -0.4 is 27.0 Å². The van der Waals surface area contributed by atoms with E-state index in [0.29, 0.717) is 92.1 Å². The first-order chi connectivity index (χ1) is 32.2. The van der Waals surface area contributed by atoms with Crippen molar-refractivity contribution in [3.05, 3.63) is 130 Å². The van der Waals surface area contributed by atoms with Gasteiger partial charge in [-0.1, -0.05) is 26.0 Å². The van der Waals surface area contributed by atoms with E-state index in [-0.39, 0.29) is 25.6 Å². The van der Waals surface area contributed by atoms with Gasteiger partial charge in [0.05, 0.1) is 57.2 Å². The monoisotopic (exact) mass is 889 g/mol. The number of fused-ring (bicyclic) bond motifs is 2. The van der Waals surface area contributed by atoms with E-state index in [4.69, 9.17) is 25.2 Å². The van der Waals surface area contributed by atoms with Crippen molar-refractivity contribution >= 4 is 46.6 Å². The second-order valence-corrected chi connectivity index (χ2v) is 17.0. The molecule has 0 unspecified atom stereocenters. The molecule has 17 nitrogen and oxygen atoms in total. The average Bonchev–Trinajstić information content (AvgIpc) is 3.86. The first-order valence-corrected chi connectivity index (χ1v) is 21.2. The van der Waals surface area contributed by atoms with Crippen LogP contribution in [-0.2, 0) is 36.3 Å². The third kappa shape index (κ3) is 9.22. The van der Waals surface area contributed by atoms with Gasteiger partial charge in [0.1, 0.15) is 31.4 Å². The summed E-state index contributed by atoms with van der Waals surface area (Å²) in [5, 5.41) is 52.5. The first-order valence-electron chi connectivity index (χ1n) is 21.2. The molecule has 0 saturated heterocycles. The fourth-order valence-corrected chi connectivity index (χ4v) is 8.19. The van der Waals surface area contributed by atoms with E-state index in [0.717, 1.165) is 16.7 Å². The van der Waals surface area contributed by atoms with Crippen LogP contribution in [0.5, 0.6) is 0 Å². The van der Waals surface area contributed by atoms with Crippen molar-refractivity contribution < 1.29 is 19.1 Å². The summed E-state index contributed by atoms with van der Waals surface area (Å²) in [5.74, 6) is -0.547. The third-order valence-electron chi connectivity index (χ3n) is 12.0. The number of carbonyl (C=O) groups is 2. The number of nitrogens with two attached hydrogens (primary N) is 1. The molecular weight excluding hydrogens is 847 g/mol. The van der Waals surface area contributed by atoms with Gasteiger partial charge in [-0.3, -0.25) is 9.59 Å². The molecule has 0 amide bonds. The van der Waals surface area contributed by atoms with Crippen LogP contribution in [0.3, 0.4) is 0 Å². The summed E-state index contributed by atoms with van der Waals surface area (Å²) >= 11 is 0. The smallest absolute Gasteiger partial charge is 0.323 e. The van der Waals surface area contributed by atoms with Crippen LogP contribution in [0.25, 0.3) is 22.5 Å². The number of nitriles is 4. The number of rotatable bonds is 13. The molecule has 3 atom stereocenters. The molecule has 4 heterocycles. The minimum atomic E-state index is -1.10. The number of ether oxygens (including phenoxy) is 2. The summed E-state index contributed by atoms with van der Waals surface area (Å²) < 4.78 is 11.3. The normalized spacial score (nSPS) is 16.9. The molecule has 2 aliphatic heterocycles. The Balaban J connectivity index is 0.983. The highest BCUT2D eigenvalue weighted by atomic mass is 16.5. The second kappa shape index (κ2) is 18.3. The number of anilines is 6. The van der Waals surface area contributed by atoms with Crippen molar-refractivity contribution in [2.24, 2.45) is 5.73 Å². The first kappa shape index (κ1) is 44.7. The second-order valence-electron chi connectivity index (χ2n) is 17.0. The predicted molar refractivity (Wildman–Crippen MR) is 249 cm³/mol. The number of hydrogen-bond acceptors (Lipinski definition) is 17. The van der Waals surface area contributed by atoms with Gasteiger partial charge >= 0.3 is 11.9 Å². The summed E-state index contributed by atoms with van der Waals surface area (Å²) in [5.41, 5.74) is 14.8. The molecule has 6 N–H and O–H groups in total. The minimum absolute atomic E-state index is 0.0372. The molecule has 4 aromatic carbocycles. The van der Waals surface area contributed by atoms with Gasteiger partial charge in [-0.15, -0.1) is 0 Å². The van der Waals surface area contributed by atoms with Gasteiger partial charge in [0.2, 0.25) is 11.9 Å². The van der Waals surface area contributed by atoms with E-state index in [1.54, 1.807) is 67.0 Å². The number of carbonyl (C=O) groups excluding carboxylic acids is 2. The molecule has 0 fully saturated rings. The van der Waals surface area contributed by atoms with Gasteiger partial charge in [0, 0.05) is 72.2 Å². The molecule has 2 aliphatic rings. The van der Waals surface area contributed by atoms with Crippen molar-refractivity contribution in [2.75, 3.05) is 47.6 Å². The summed E-state index contributed by atoms with van der Waals surface area (Å²) in [6, 6.07) is 28.8. The molecule has 0 saturated carbocycles. The van der Waals surface area contributed by atoms with E-state index in [1.807, 2.05) is 39.0 Å². The SMILES string of the molecule is CC(=O)OC[C@@]1(C)CNc2c(C#N)cc(-c3ccnc(Nc4cc(C#N)ccc4C[C@H](N)C(=O)OC[C@@]4(C)CNc5c(C#N)cc(-c6ccnc(Nc7cc(C#N)ccc7C)n6)cc54)n3)cc21. The van der Waals surface area contributed by atoms with Gasteiger partial charge in [0.15, 0.2) is 0 Å². The highest BCUT2D eigenvalue weighted by molar-refractivity contribution is 5.80. The zero-order valence-electron chi connectivity index (χ0n) is 37.0. The number of nitrogens with one attached hydrogen (secondary N) is 4. The Hall–Kier alpha value is -8.90. The number of hydrogen-bond donors (Lipinski definition) is 5. The van der Waals surface area contributed by atoms with E-state index < -0.39 is 28.8 Å². The maximum Gasteiger partial charge on any atom is 0.323 e. The number of esters is 2. The fraction of sp³-hybridized carbons (Fsp3) is 0.240. The average molecular weight is 890 g/mol. The standard InChI is InChI=1S/C50H43N13O4/c1-28-5-6-30(20-51)13-42(28)62-47-56-11-9-40(60-47)34-16-36(23-54)45-38(18-34)50(4,25-59-45)27-67-46(65)39(55)19-32-8-7-31(21-52)14-43(32)63-48-57-12-10-41(61-48)33-15-35(22-53)44-37(17-33)49(3,24-58-44)26-66-29(2)64/h5-18,39,58-59H,19,24-27,55H2,1-4H3,(H,56,60,62)(H,57,61,63)/t39-,49+,50+/m0/s1. The van der Waals surface area contributed by atoms with Crippen LogP contribution >= 0.6 is 0 Å². The lowest BCUT2D eigenvalue weighted by atomic mass is 9.83. The topological polar surface area (TPSA) is 273 Å². The molecule has 8 rings (SSSR count). The molecule has 0 bridgehead atoms. The van der Waals surface area contributed by atoms with Crippen molar-refractivity contribution in [1.29, 1.82) is 21.0 Å². The minimum Gasteiger partial charge on any atom is -0.465 e. The zero-order chi connectivity index (χ0) is 47.5. The van der Waals surface area contributed by atoms with Gasteiger partial charge in [-0.25, -0.2) is 19.9 Å². The van der Waals surface area contributed by atoms with Crippen molar-refractivity contribution in [3.63, 3.8) is 0 Å². The summed E-state index contributed by atoms with van der Waals surface area (Å²) in [7, 11) is 0. The lowest BCUT2D eigenvalue weighted by Crippen LogP contribution is -2.39. The highest BCUT2D eigenvalue weighted by Gasteiger charge is 2.39. The Morgan fingerprint density at radius 1 is 0.716 bits per heavy atom. The van der Waals surface area contributed by atoms with Crippen LogP contribution in [0.4, 0.5) is 34.6 Å². The lowest BCUT2D eigenvalue weighted by Gasteiger charge is -2.25. The van der Waals surface area contributed by atoms with E-state index in [1.165, 1.54) is 6.92 Å². The Labute approximate surface area is 386 Å².